The lowest BCUT2D eigenvalue weighted by Crippen LogP contribution is -2.34. The van der Waals surface area contributed by atoms with E-state index in [-0.39, 0.29) is 5.92 Å². The van der Waals surface area contributed by atoms with Crippen LogP contribution in [0, 0.1) is 5.92 Å². The molecule has 1 aliphatic heterocycles. The first-order valence-corrected chi connectivity index (χ1v) is 7.66. The Balaban J connectivity index is 1.62. The molecule has 0 atom stereocenters. The van der Waals surface area contributed by atoms with Crippen LogP contribution >= 0.6 is 0 Å². The van der Waals surface area contributed by atoms with E-state index in [0.29, 0.717) is 18.0 Å². The summed E-state index contributed by atoms with van der Waals surface area (Å²) in [7, 11) is 2.10. The molecule has 2 aromatic heterocycles. The molecule has 3 heterocycles. The van der Waals surface area contributed by atoms with E-state index in [0.717, 1.165) is 37.2 Å². The van der Waals surface area contributed by atoms with Gasteiger partial charge in [0.25, 0.3) is 0 Å². The van der Waals surface area contributed by atoms with Crippen molar-refractivity contribution in [3.63, 3.8) is 0 Å². The van der Waals surface area contributed by atoms with Gasteiger partial charge < -0.3 is 4.90 Å². The molecule has 1 saturated heterocycles. The van der Waals surface area contributed by atoms with Crippen molar-refractivity contribution < 1.29 is 4.79 Å². The quantitative estimate of drug-likeness (QED) is 0.863. The summed E-state index contributed by atoms with van der Waals surface area (Å²) in [4.78, 5) is 27.5. The Morgan fingerprint density at radius 1 is 1.18 bits per heavy atom. The van der Waals surface area contributed by atoms with E-state index < -0.39 is 0 Å². The van der Waals surface area contributed by atoms with Gasteiger partial charge in [-0.25, -0.2) is 9.97 Å². The summed E-state index contributed by atoms with van der Waals surface area (Å²) >= 11 is 0. The van der Waals surface area contributed by atoms with E-state index in [9.17, 15) is 4.79 Å². The first-order valence-electron chi connectivity index (χ1n) is 7.66. The fourth-order valence-electron chi connectivity index (χ4n) is 2.75. The number of hydrogen-bond donors (Lipinski definition) is 0. The second kappa shape index (κ2) is 6.75. The molecular formula is C17H20N4O. The van der Waals surface area contributed by atoms with E-state index >= 15 is 0 Å². The number of carbonyl (C=O) groups is 1. The number of likely N-dealkylation sites (tertiary alicyclic amines) is 1. The Bertz CT molecular complexity index is 619. The number of hydrogen-bond acceptors (Lipinski definition) is 5. The van der Waals surface area contributed by atoms with E-state index in [1.807, 2.05) is 18.2 Å². The molecular weight excluding hydrogens is 276 g/mol. The Labute approximate surface area is 130 Å². The highest BCUT2D eigenvalue weighted by atomic mass is 16.1. The van der Waals surface area contributed by atoms with Crippen LogP contribution in [0.3, 0.4) is 0 Å². The van der Waals surface area contributed by atoms with Crippen molar-refractivity contribution in [1.82, 2.24) is 19.9 Å². The van der Waals surface area contributed by atoms with Crippen LogP contribution in [0.2, 0.25) is 0 Å². The zero-order chi connectivity index (χ0) is 15.4. The normalized spacial score (nSPS) is 16.6. The van der Waals surface area contributed by atoms with Crippen molar-refractivity contribution in [3.8, 4) is 11.5 Å². The van der Waals surface area contributed by atoms with Gasteiger partial charge in [0, 0.05) is 30.9 Å². The van der Waals surface area contributed by atoms with E-state index in [2.05, 4.69) is 26.9 Å². The molecule has 114 valence electrons. The van der Waals surface area contributed by atoms with Gasteiger partial charge in [-0.2, -0.15) is 0 Å². The minimum absolute atomic E-state index is 0.187. The van der Waals surface area contributed by atoms with Gasteiger partial charge in [0.1, 0.15) is 11.5 Å². The van der Waals surface area contributed by atoms with E-state index in [4.69, 9.17) is 0 Å². The minimum Gasteiger partial charge on any atom is -0.306 e. The largest absolute Gasteiger partial charge is 0.306 e. The van der Waals surface area contributed by atoms with Crippen molar-refractivity contribution in [2.24, 2.45) is 5.92 Å². The Hall–Kier alpha value is -2.14. The number of ketones is 1. The molecule has 3 rings (SSSR count). The fraction of sp³-hybridized carbons (Fsp3) is 0.412. The number of rotatable bonds is 4. The molecule has 2 aromatic rings. The highest BCUT2D eigenvalue weighted by Gasteiger charge is 2.23. The van der Waals surface area contributed by atoms with E-state index in [1.54, 1.807) is 18.6 Å². The molecule has 5 nitrogen and oxygen atoms in total. The molecule has 22 heavy (non-hydrogen) atoms. The predicted octanol–water partition coefficient (Wildman–Crippen LogP) is 1.99. The zero-order valence-corrected chi connectivity index (χ0v) is 12.8. The van der Waals surface area contributed by atoms with Gasteiger partial charge in [0.15, 0.2) is 5.82 Å². The van der Waals surface area contributed by atoms with Crippen molar-refractivity contribution in [2.45, 2.75) is 19.3 Å². The van der Waals surface area contributed by atoms with Crippen LogP contribution in [-0.2, 0) is 11.2 Å². The van der Waals surface area contributed by atoms with Gasteiger partial charge in [0.2, 0.25) is 0 Å². The Morgan fingerprint density at radius 2 is 1.91 bits per heavy atom. The SMILES string of the molecule is CN1CCC(C(=O)Cc2cnc(-c3ccccn3)nc2)CC1. The van der Waals surface area contributed by atoms with Crippen molar-refractivity contribution in [2.75, 3.05) is 20.1 Å². The molecule has 1 fully saturated rings. The Morgan fingerprint density at radius 3 is 2.55 bits per heavy atom. The van der Waals surface area contributed by atoms with Crippen LogP contribution < -0.4 is 0 Å². The maximum absolute atomic E-state index is 12.3. The van der Waals surface area contributed by atoms with Gasteiger partial charge in [-0.05, 0) is 50.7 Å². The van der Waals surface area contributed by atoms with Gasteiger partial charge >= 0.3 is 0 Å². The molecule has 0 aromatic carbocycles. The molecule has 0 spiro atoms. The average molecular weight is 296 g/mol. The number of nitrogens with zero attached hydrogens (tertiary/aromatic N) is 4. The lowest BCUT2D eigenvalue weighted by molar-refractivity contribution is -0.123. The number of aromatic nitrogens is 3. The number of piperidine rings is 1. The van der Waals surface area contributed by atoms with Crippen LogP contribution in [0.5, 0.6) is 0 Å². The lowest BCUT2D eigenvalue weighted by Gasteiger charge is -2.27. The molecule has 0 unspecified atom stereocenters. The second-order valence-electron chi connectivity index (χ2n) is 5.85. The smallest absolute Gasteiger partial charge is 0.178 e. The Kier molecular flexibility index (Phi) is 4.53. The van der Waals surface area contributed by atoms with Gasteiger partial charge in [0.05, 0.1) is 0 Å². The summed E-state index contributed by atoms with van der Waals surface area (Å²) in [5.74, 6) is 1.09. The van der Waals surface area contributed by atoms with Crippen molar-refractivity contribution >= 4 is 5.78 Å². The maximum Gasteiger partial charge on any atom is 0.178 e. The minimum atomic E-state index is 0.187. The standard InChI is InChI=1S/C17H20N4O/c1-21-8-5-14(6-9-21)16(22)10-13-11-19-17(20-12-13)15-4-2-3-7-18-15/h2-4,7,11-12,14H,5-6,8-10H2,1H3. The van der Waals surface area contributed by atoms with Gasteiger partial charge in [-0.15, -0.1) is 0 Å². The summed E-state index contributed by atoms with van der Waals surface area (Å²) in [6, 6.07) is 5.64. The van der Waals surface area contributed by atoms with Crippen LogP contribution in [0.15, 0.2) is 36.8 Å². The van der Waals surface area contributed by atoms with Crippen LogP contribution in [0.4, 0.5) is 0 Å². The highest BCUT2D eigenvalue weighted by Crippen LogP contribution is 2.19. The summed E-state index contributed by atoms with van der Waals surface area (Å²) in [5.41, 5.74) is 1.62. The third-order valence-electron chi connectivity index (χ3n) is 4.15. The predicted molar refractivity (Wildman–Crippen MR) is 84.2 cm³/mol. The summed E-state index contributed by atoms with van der Waals surface area (Å²) in [6.07, 6.45) is 7.55. The third kappa shape index (κ3) is 3.54. The summed E-state index contributed by atoms with van der Waals surface area (Å²) < 4.78 is 0. The molecule has 0 N–H and O–H groups in total. The van der Waals surface area contributed by atoms with Gasteiger partial charge in [-0.3, -0.25) is 9.78 Å². The lowest BCUT2D eigenvalue weighted by atomic mass is 9.90. The number of pyridine rings is 1. The van der Waals surface area contributed by atoms with Gasteiger partial charge in [-0.1, -0.05) is 6.07 Å². The molecule has 0 aliphatic carbocycles. The van der Waals surface area contributed by atoms with E-state index in [1.165, 1.54) is 0 Å². The molecule has 0 bridgehead atoms. The molecule has 0 radical (unpaired) electrons. The van der Waals surface area contributed by atoms with Crippen LogP contribution in [0.1, 0.15) is 18.4 Å². The molecule has 0 amide bonds. The second-order valence-corrected chi connectivity index (χ2v) is 5.85. The van der Waals surface area contributed by atoms with Crippen molar-refractivity contribution in [1.29, 1.82) is 0 Å². The van der Waals surface area contributed by atoms with Crippen molar-refractivity contribution in [3.05, 3.63) is 42.4 Å². The average Bonchev–Trinajstić information content (AvgIpc) is 2.57. The fourth-order valence-corrected chi connectivity index (χ4v) is 2.75. The third-order valence-corrected chi connectivity index (χ3v) is 4.15. The monoisotopic (exact) mass is 296 g/mol. The summed E-state index contributed by atoms with van der Waals surface area (Å²) in [5, 5.41) is 0. The highest BCUT2D eigenvalue weighted by molar-refractivity contribution is 5.83. The topological polar surface area (TPSA) is 59.0 Å². The number of carbonyl (C=O) groups excluding carboxylic acids is 1. The first-order chi connectivity index (χ1) is 10.7. The number of Topliss-reactive ketones (excluding diaryl/α,β-unsaturated/α-hetero) is 1. The first kappa shape index (κ1) is 14.8. The molecule has 5 heteroatoms. The summed E-state index contributed by atoms with van der Waals surface area (Å²) in [6.45, 7) is 2.01. The van der Waals surface area contributed by atoms with Crippen LogP contribution in [-0.4, -0.2) is 45.8 Å². The molecule has 0 saturated carbocycles. The molecule has 1 aliphatic rings. The van der Waals surface area contributed by atoms with Crippen LogP contribution in [0.25, 0.3) is 11.5 Å². The zero-order valence-electron chi connectivity index (χ0n) is 12.8. The maximum atomic E-state index is 12.3.